The maximum atomic E-state index is 15.0. The number of carbonyl (C=O) groups excluding carboxylic acids is 11. The quantitative estimate of drug-likeness (QED) is 0.00827. The summed E-state index contributed by atoms with van der Waals surface area (Å²) in [5.74, 6) is -7.01. The first-order chi connectivity index (χ1) is 65.6. The molecule has 1 saturated heterocycles. The van der Waals surface area contributed by atoms with Gasteiger partial charge in [-0.15, -0.1) is 11.3 Å². The van der Waals surface area contributed by atoms with Crippen LogP contribution < -0.4 is 42.0 Å². The van der Waals surface area contributed by atoms with E-state index in [1.54, 1.807) is 47.6 Å². The summed E-state index contributed by atoms with van der Waals surface area (Å²) in [7, 11) is 10.8. The fourth-order valence-corrected chi connectivity index (χ4v) is 14.5. The predicted molar refractivity (Wildman–Crippen MR) is 512 cm³/mol. The molecule has 1 aliphatic rings. The Bertz CT molecular complexity index is 3740. The van der Waals surface area contributed by atoms with E-state index in [0.29, 0.717) is 50.6 Å². The van der Waals surface area contributed by atoms with E-state index in [0.717, 1.165) is 36.5 Å². The molecule has 1 aliphatic heterocycles. The second-order valence-electron chi connectivity index (χ2n) is 33.1. The first-order valence-corrected chi connectivity index (χ1v) is 50.1. The van der Waals surface area contributed by atoms with Crippen LogP contribution in [0.4, 0.5) is 14.4 Å². The number of rotatable bonds is 66. The average Bonchev–Trinajstić information content (AvgIpc) is 1.26. The molecular weight excluding hydrogens is 1870 g/mol. The Balaban J connectivity index is 0.00000277. The van der Waals surface area contributed by atoms with Crippen LogP contribution in [0.2, 0.25) is 0 Å². The van der Waals surface area contributed by atoms with Gasteiger partial charge in [0.05, 0.1) is 75.8 Å². The molecule has 1 aromatic heterocycles. The van der Waals surface area contributed by atoms with Gasteiger partial charge in [0.25, 0.3) is 5.91 Å². The van der Waals surface area contributed by atoms with Crippen molar-refractivity contribution in [2.45, 2.75) is 279 Å². The van der Waals surface area contributed by atoms with Crippen molar-refractivity contribution in [2.75, 3.05) is 140 Å². The number of benzene rings is 1. The zero-order valence-corrected chi connectivity index (χ0v) is 86.2. The van der Waals surface area contributed by atoms with Crippen molar-refractivity contribution in [1.82, 2.24) is 52.0 Å². The number of likely N-dealkylation sites (N-methyl/N-ethyl adjacent to an activating group) is 1. The molecule has 2 heterocycles. The van der Waals surface area contributed by atoms with Crippen molar-refractivity contribution in [3.05, 3.63) is 45.9 Å². The smallest absolute Gasteiger partial charge is 0.407 e. The number of aliphatic carboxylic acids is 2. The van der Waals surface area contributed by atoms with Gasteiger partial charge in [-0.2, -0.15) is 0 Å². The molecule has 9 unspecified atom stereocenters. The van der Waals surface area contributed by atoms with Crippen molar-refractivity contribution in [3.8, 4) is 5.75 Å². The highest BCUT2D eigenvalue weighted by Gasteiger charge is 2.41. The number of hydrogen-bond acceptors (Lipinski definition) is 37. The van der Waals surface area contributed by atoms with E-state index in [2.05, 4.69) is 42.2 Å². The van der Waals surface area contributed by atoms with E-state index in [4.69, 9.17) is 91.8 Å². The molecule has 16 atom stereocenters. The van der Waals surface area contributed by atoms with E-state index in [1.807, 2.05) is 87.4 Å². The minimum absolute atomic E-state index is 0.0130. The number of amides is 8. The monoisotopic (exact) mass is 2030 g/mol. The number of aromatic nitrogens is 1. The molecular formula is C91H158N10O34S3. The number of carboxylic acid groups (broad SMARTS) is 2. The molecule has 14 N–H and O–H groups in total. The molecule has 8 amide bonds. The van der Waals surface area contributed by atoms with Gasteiger partial charge in [0.2, 0.25) is 23.6 Å². The van der Waals surface area contributed by atoms with Gasteiger partial charge < -0.3 is 144 Å². The Morgan fingerprint density at radius 2 is 1.07 bits per heavy atom. The van der Waals surface area contributed by atoms with Gasteiger partial charge in [0.1, 0.15) is 48.4 Å². The number of aliphatic hydroxyl groups is 5. The van der Waals surface area contributed by atoms with Crippen molar-refractivity contribution >= 4 is 111 Å². The topological polar surface area (TPSA) is 596 Å². The summed E-state index contributed by atoms with van der Waals surface area (Å²) in [5, 5.41) is 83.3. The molecule has 0 radical (unpaired) electrons. The number of ether oxygens (including phenoxy) is 14. The number of aliphatic hydroxyl groups excluding tert-OH is 5. The van der Waals surface area contributed by atoms with Crippen molar-refractivity contribution in [3.63, 3.8) is 0 Å². The van der Waals surface area contributed by atoms with Gasteiger partial charge in [-0.3, -0.25) is 48.1 Å². The molecule has 1 fully saturated rings. The number of piperidine rings is 1. The van der Waals surface area contributed by atoms with Crippen LogP contribution in [0.25, 0.3) is 0 Å². The number of hydrogen-bond donors (Lipinski definition) is 14. The molecule has 0 bridgehead atoms. The van der Waals surface area contributed by atoms with Gasteiger partial charge in [0.15, 0.2) is 38.0 Å². The molecule has 2 aromatic rings. The van der Waals surface area contributed by atoms with Crippen LogP contribution in [0.1, 0.15) is 214 Å². The third-order valence-corrected chi connectivity index (χ3v) is 23.8. The minimum atomic E-state index is -1.09. The summed E-state index contributed by atoms with van der Waals surface area (Å²) in [4.78, 5) is 172. The second-order valence-corrected chi connectivity index (χ2v) is 36.7. The van der Waals surface area contributed by atoms with Crippen LogP contribution in [0.3, 0.4) is 0 Å². The van der Waals surface area contributed by atoms with E-state index in [9.17, 15) is 72.5 Å². The van der Waals surface area contributed by atoms with Gasteiger partial charge in [0, 0.05) is 110 Å². The number of nitrogens with zero attached hydrogens (tertiary/aromatic N) is 3. The number of thiazole rings is 1. The van der Waals surface area contributed by atoms with Crippen LogP contribution in [-0.2, 0) is 111 Å². The van der Waals surface area contributed by atoms with Crippen LogP contribution in [-0.4, -0.2) is 348 Å². The van der Waals surface area contributed by atoms with Gasteiger partial charge in [-0.05, 0) is 113 Å². The Morgan fingerprint density at radius 3 is 1.49 bits per heavy atom. The average molecular weight is 2030 g/mol. The van der Waals surface area contributed by atoms with E-state index in [1.165, 1.54) is 64.7 Å². The van der Waals surface area contributed by atoms with Gasteiger partial charge in [-0.25, -0.2) is 24.2 Å². The highest BCUT2D eigenvalue weighted by atomic mass is 33.1. The molecule has 794 valence electrons. The third-order valence-electron chi connectivity index (χ3n) is 21.0. The molecule has 138 heavy (non-hydrogen) atoms. The summed E-state index contributed by atoms with van der Waals surface area (Å²) in [6.07, 6.45) is -0.357. The summed E-state index contributed by atoms with van der Waals surface area (Å²) in [5.41, 5.74) is 0.608. The first kappa shape index (κ1) is 130. The van der Waals surface area contributed by atoms with Crippen LogP contribution in [0.5, 0.6) is 5.75 Å². The lowest BCUT2D eigenvalue weighted by Crippen LogP contribution is -2.59. The Kier molecular flexibility index (Phi) is 71.6. The molecule has 1 aromatic carbocycles. The van der Waals surface area contributed by atoms with E-state index >= 15 is 0 Å². The predicted octanol–water partition coefficient (Wildman–Crippen LogP) is 6.60. The maximum absolute atomic E-state index is 15.0. The summed E-state index contributed by atoms with van der Waals surface area (Å²) >= 11 is 1.05. The standard InChI is InChI=1S/C59H93N7O17S.C14H28N2O6S2.C11H21NO7.C7H16O4/c1-14-37(9)52(64-54(72)45-18-16-17-25-65(45)12)56(73)66(33-80-49(70)26-34(3)4)46(35(5)6)29-47(81-39(11)68)55-62-44(32-84-55)53(71)61-41(27-38(10)57(74)75)28-40-19-21-43(22-20-40)83-58(76)51(36(7)8)63-48(69)23-24-60-59(77)79-31-50(78-13)82-42(15-2)30-67;1-4-11(9-17)22-13(20-2)10-21-14(19)16-6-5-12(18)15-7-8-24-23-3;1-3-8(6-13)19-10(17-2)7-18-11(16)12-5-4-9(14)15;1-3-6(4-8)11-7(5-9)10-2/h19-22,32,34-38,41-42,45-47,50-52,67H,14-18,23-31,33H2,1-13H3,(H,60,77)(H,61,71)(H,63,69)(H,64,72)(H,74,75);11,13,17H,4-10H2,1-3H3,(H,15,18)(H,16,19);8,10,13H,3-7H2,1-2H3,(H,12,16)(H,14,15);6-9H,3-5H2,1-2H3/t37-,38-,41+,42?,45+,46+,47+,50?,51?,52-;;;/m0.../s1. The lowest BCUT2D eigenvalue weighted by atomic mass is 9.92. The number of nitrogens with one attached hydrogen (secondary N) is 7. The number of likely N-dealkylation sites (tertiary alicyclic amines) is 1. The summed E-state index contributed by atoms with van der Waals surface area (Å²) in [6.45, 7) is 24.6. The van der Waals surface area contributed by atoms with E-state index < -0.39 is 152 Å². The van der Waals surface area contributed by atoms with Crippen molar-refractivity contribution in [2.24, 2.45) is 29.6 Å². The molecule has 3 rings (SSSR count). The molecule has 0 spiro atoms. The van der Waals surface area contributed by atoms with Crippen LogP contribution in [0.15, 0.2) is 29.6 Å². The van der Waals surface area contributed by atoms with E-state index in [-0.39, 0.29) is 182 Å². The zero-order valence-electron chi connectivity index (χ0n) is 83.8. The minimum Gasteiger partial charge on any atom is -0.481 e. The highest BCUT2D eigenvalue weighted by Crippen LogP contribution is 2.33. The van der Waals surface area contributed by atoms with Crippen molar-refractivity contribution < 1.29 is 164 Å². The van der Waals surface area contributed by atoms with Gasteiger partial charge >= 0.3 is 48.1 Å². The fourth-order valence-electron chi connectivity index (χ4n) is 12.6. The van der Waals surface area contributed by atoms with Crippen LogP contribution in [0, 0.1) is 29.6 Å². The van der Waals surface area contributed by atoms with Gasteiger partial charge in [-0.1, -0.05) is 137 Å². The lowest BCUT2D eigenvalue weighted by molar-refractivity contribution is -0.181. The first-order valence-electron chi connectivity index (χ1n) is 46.5. The SMILES string of the molecule is CCC(CO)OC(CO)OC.CCC(CO)OC(COC(=O)NCCC(=O)NC(C(=O)Oc1ccc(C[C@@H](C[C@H](C)C(=O)O)NC(=O)c2csc([C@@H](C[C@H](C(C)C)N(COC(=O)CC(C)C)C(=O)[C@@H](NC(=O)[C@H]3CCCCN3C)[C@@H](C)CC)OC(C)=O)n2)cc1)C(C)C)OC.CCC(CO)OC(COC(=O)NCCC(=O)NCCSSC)OC.CCC(CO)OC(COC(=O)NCCC(=O)O)OC. The number of alkyl carbamates (subject to hydrolysis) is 3. The Morgan fingerprint density at radius 1 is 0.572 bits per heavy atom. The summed E-state index contributed by atoms with van der Waals surface area (Å²) < 4.78 is 73.4. The Hall–Kier alpha value is -8.50. The fraction of sp³-hybridized carbons (Fsp3) is 0.758. The number of carbonyl (C=O) groups is 13. The lowest BCUT2D eigenvalue weighted by Gasteiger charge is -2.39. The number of carboxylic acids is 2. The third kappa shape index (κ3) is 56.8. The molecule has 0 aliphatic carbocycles. The maximum Gasteiger partial charge on any atom is 0.407 e. The molecule has 0 saturated carbocycles. The molecule has 44 nitrogen and oxygen atoms in total. The number of methoxy groups -OCH3 is 4. The normalized spacial score (nSPS) is 15.7. The Labute approximate surface area is 823 Å². The largest absolute Gasteiger partial charge is 0.481 e. The molecule has 47 heteroatoms. The zero-order chi connectivity index (χ0) is 104. The van der Waals surface area contributed by atoms with Crippen LogP contribution >= 0.6 is 32.9 Å². The van der Waals surface area contributed by atoms with Crippen molar-refractivity contribution in [1.29, 1.82) is 0 Å². The second kappa shape index (κ2) is 76.3. The highest BCUT2D eigenvalue weighted by molar-refractivity contribution is 8.76. The summed E-state index contributed by atoms with van der Waals surface area (Å²) in [6, 6.07) is 2.40. The number of esters is 3.